The van der Waals surface area contributed by atoms with Crippen LogP contribution in [0.2, 0.25) is 0 Å². The molecule has 2 rings (SSSR count). The third-order valence-corrected chi connectivity index (χ3v) is 6.26. The van der Waals surface area contributed by atoms with Crippen molar-refractivity contribution in [3.05, 3.63) is 29.3 Å². The zero-order valence-electron chi connectivity index (χ0n) is 19.7. The topological polar surface area (TPSA) is 112 Å². The number of nitriles is 1. The van der Waals surface area contributed by atoms with Crippen LogP contribution in [-0.2, 0) is 15.8 Å². The summed E-state index contributed by atoms with van der Waals surface area (Å²) in [4.78, 5) is 19.7. The molecule has 2 atom stereocenters. The maximum absolute atomic E-state index is 13.1. The van der Waals surface area contributed by atoms with Crippen LogP contribution >= 0.6 is 0 Å². The maximum Gasteiger partial charge on any atom is 0.417 e. The SMILES string of the molecule is CC(O)(CCCCCCCCCN1CCCC1ON)C(=O)Nc1ccc(C#N)c(C(F)(F)F)c1. The van der Waals surface area contributed by atoms with Crippen molar-refractivity contribution in [3.8, 4) is 6.07 Å². The minimum atomic E-state index is -4.72. The smallest absolute Gasteiger partial charge is 0.380 e. The quantitative estimate of drug-likeness (QED) is 0.276. The fourth-order valence-electron chi connectivity index (χ4n) is 4.21. The van der Waals surface area contributed by atoms with E-state index < -0.39 is 28.8 Å². The minimum Gasteiger partial charge on any atom is -0.380 e. The number of hydrogen-bond acceptors (Lipinski definition) is 6. The van der Waals surface area contributed by atoms with Crippen molar-refractivity contribution >= 4 is 11.6 Å². The molecule has 0 bridgehead atoms. The summed E-state index contributed by atoms with van der Waals surface area (Å²) in [7, 11) is 0. The highest BCUT2D eigenvalue weighted by Gasteiger charge is 2.35. The molecule has 190 valence electrons. The number of unbranched alkanes of at least 4 members (excludes halogenated alkanes) is 6. The Morgan fingerprint density at radius 3 is 2.50 bits per heavy atom. The Hall–Kier alpha value is -2.19. The second-order valence-electron chi connectivity index (χ2n) is 9.09. The van der Waals surface area contributed by atoms with E-state index in [4.69, 9.17) is 16.0 Å². The summed E-state index contributed by atoms with van der Waals surface area (Å²) in [5.74, 6) is 4.54. The number of amides is 1. The first-order chi connectivity index (χ1) is 16.1. The Morgan fingerprint density at radius 2 is 1.88 bits per heavy atom. The number of nitrogens with two attached hydrogens (primary N) is 1. The van der Waals surface area contributed by atoms with Crippen molar-refractivity contribution in [1.29, 1.82) is 5.26 Å². The molecule has 2 unspecified atom stereocenters. The number of carbonyl (C=O) groups excluding carboxylic acids is 1. The second kappa shape index (κ2) is 13.0. The first-order valence-electron chi connectivity index (χ1n) is 11.8. The lowest BCUT2D eigenvalue weighted by Gasteiger charge is -2.23. The van der Waals surface area contributed by atoms with Crippen LogP contribution in [0, 0.1) is 11.3 Å². The molecular formula is C24H35F3N4O3. The average molecular weight is 485 g/mol. The van der Waals surface area contributed by atoms with Gasteiger partial charge < -0.3 is 10.4 Å². The molecule has 1 aliphatic heterocycles. The van der Waals surface area contributed by atoms with E-state index in [1.807, 2.05) is 0 Å². The molecule has 1 aromatic rings. The molecule has 1 fully saturated rings. The largest absolute Gasteiger partial charge is 0.417 e. The third kappa shape index (κ3) is 8.55. The number of likely N-dealkylation sites (tertiary alicyclic amines) is 1. The number of nitrogens with zero attached hydrogens (tertiary/aromatic N) is 2. The molecule has 0 saturated carbocycles. The van der Waals surface area contributed by atoms with E-state index in [1.165, 1.54) is 19.1 Å². The Kier molecular flexibility index (Phi) is 10.8. The van der Waals surface area contributed by atoms with Crippen LogP contribution in [0.3, 0.4) is 0 Å². The predicted molar refractivity (Wildman–Crippen MR) is 122 cm³/mol. The minimum absolute atomic E-state index is 0.0496. The van der Waals surface area contributed by atoms with Crippen LogP contribution < -0.4 is 11.2 Å². The van der Waals surface area contributed by atoms with Crippen molar-refractivity contribution in [3.63, 3.8) is 0 Å². The van der Waals surface area contributed by atoms with E-state index in [1.54, 1.807) is 0 Å². The van der Waals surface area contributed by atoms with Crippen LogP contribution in [0.4, 0.5) is 18.9 Å². The molecule has 0 radical (unpaired) electrons. The van der Waals surface area contributed by atoms with Gasteiger partial charge in [0.1, 0.15) is 11.8 Å². The van der Waals surface area contributed by atoms with E-state index in [-0.39, 0.29) is 18.3 Å². The molecule has 34 heavy (non-hydrogen) atoms. The summed E-state index contributed by atoms with van der Waals surface area (Å²) in [6.07, 6.45) is 4.51. The number of hydrogen-bond donors (Lipinski definition) is 3. The van der Waals surface area contributed by atoms with E-state index in [0.717, 1.165) is 70.5 Å². The Morgan fingerprint density at radius 1 is 1.24 bits per heavy atom. The van der Waals surface area contributed by atoms with Crippen molar-refractivity contribution in [2.45, 2.75) is 89.1 Å². The summed E-state index contributed by atoms with van der Waals surface area (Å²) in [6, 6.07) is 4.42. The van der Waals surface area contributed by atoms with Gasteiger partial charge in [0, 0.05) is 18.8 Å². The van der Waals surface area contributed by atoms with E-state index in [2.05, 4.69) is 10.2 Å². The number of aliphatic hydroxyl groups is 1. The maximum atomic E-state index is 13.1. The summed E-state index contributed by atoms with van der Waals surface area (Å²) in [5, 5.41) is 21.7. The van der Waals surface area contributed by atoms with Crippen LogP contribution in [0.15, 0.2) is 18.2 Å². The Labute approximate surface area is 199 Å². The first kappa shape index (κ1) is 28.1. The van der Waals surface area contributed by atoms with Crippen LogP contribution in [-0.4, -0.2) is 40.8 Å². The number of halogens is 3. The molecule has 4 N–H and O–H groups in total. The number of rotatable bonds is 13. The van der Waals surface area contributed by atoms with E-state index >= 15 is 0 Å². The highest BCUT2D eigenvalue weighted by atomic mass is 19.4. The number of anilines is 1. The summed E-state index contributed by atoms with van der Waals surface area (Å²) >= 11 is 0. The monoisotopic (exact) mass is 484 g/mol. The molecule has 1 amide bonds. The fraction of sp³-hybridized carbons (Fsp3) is 0.667. The number of nitrogens with one attached hydrogen (secondary N) is 1. The molecular weight excluding hydrogens is 449 g/mol. The Balaban J connectivity index is 1.65. The Bertz CT molecular complexity index is 840. The molecule has 7 nitrogen and oxygen atoms in total. The molecule has 0 spiro atoms. The van der Waals surface area contributed by atoms with E-state index in [0.29, 0.717) is 12.5 Å². The number of carbonyl (C=O) groups is 1. The lowest BCUT2D eigenvalue weighted by molar-refractivity contribution is -0.138. The molecule has 1 aliphatic rings. The highest BCUT2D eigenvalue weighted by molar-refractivity contribution is 5.96. The summed E-state index contributed by atoms with van der Waals surface area (Å²) in [5.41, 5.74) is -3.47. The standard InChI is InChI=1S/C24H35F3N4O3/c1-23(33,22(32)30-19-12-11-18(17-28)20(16-19)24(25,26)27)13-7-5-3-2-4-6-8-14-31-15-9-10-21(31)34-29/h11-12,16,21,33H,2-10,13-15,29H2,1H3,(H,30,32). The lowest BCUT2D eigenvalue weighted by Crippen LogP contribution is -2.40. The van der Waals surface area contributed by atoms with Gasteiger partial charge in [0.2, 0.25) is 0 Å². The molecule has 1 aromatic carbocycles. The third-order valence-electron chi connectivity index (χ3n) is 6.26. The molecule has 1 saturated heterocycles. The van der Waals surface area contributed by atoms with Crippen LogP contribution in [0.25, 0.3) is 0 Å². The zero-order chi connectivity index (χ0) is 25.2. The van der Waals surface area contributed by atoms with Gasteiger partial charge in [0.25, 0.3) is 5.91 Å². The predicted octanol–water partition coefficient (Wildman–Crippen LogP) is 4.70. The molecule has 1 heterocycles. The van der Waals surface area contributed by atoms with Gasteiger partial charge in [0.05, 0.1) is 17.2 Å². The van der Waals surface area contributed by atoms with Crippen molar-refractivity contribution < 1.29 is 27.9 Å². The zero-order valence-corrected chi connectivity index (χ0v) is 19.7. The van der Waals surface area contributed by atoms with Crippen LogP contribution in [0.1, 0.15) is 82.3 Å². The fourth-order valence-corrected chi connectivity index (χ4v) is 4.21. The van der Waals surface area contributed by atoms with Gasteiger partial charge in [-0.15, -0.1) is 0 Å². The molecule has 10 heteroatoms. The number of alkyl halides is 3. The normalized spacial score (nSPS) is 18.4. The van der Waals surface area contributed by atoms with Gasteiger partial charge >= 0.3 is 6.18 Å². The lowest BCUT2D eigenvalue weighted by atomic mass is 9.96. The van der Waals surface area contributed by atoms with Crippen LogP contribution in [0.5, 0.6) is 0 Å². The van der Waals surface area contributed by atoms with Gasteiger partial charge in [-0.2, -0.15) is 18.4 Å². The van der Waals surface area contributed by atoms with Gasteiger partial charge in [-0.25, -0.2) is 5.90 Å². The van der Waals surface area contributed by atoms with Crippen molar-refractivity contribution in [1.82, 2.24) is 4.90 Å². The summed E-state index contributed by atoms with van der Waals surface area (Å²) in [6.45, 7) is 3.38. The van der Waals surface area contributed by atoms with Gasteiger partial charge in [-0.1, -0.05) is 38.5 Å². The highest BCUT2D eigenvalue weighted by Crippen LogP contribution is 2.33. The first-order valence-corrected chi connectivity index (χ1v) is 11.8. The second-order valence-corrected chi connectivity index (χ2v) is 9.09. The van der Waals surface area contributed by atoms with E-state index in [9.17, 15) is 23.1 Å². The average Bonchev–Trinajstić information content (AvgIpc) is 3.24. The van der Waals surface area contributed by atoms with Crippen molar-refractivity contribution in [2.24, 2.45) is 5.90 Å². The van der Waals surface area contributed by atoms with Crippen molar-refractivity contribution in [2.75, 3.05) is 18.4 Å². The number of benzene rings is 1. The van der Waals surface area contributed by atoms with Gasteiger partial charge in [-0.05, 0) is 50.8 Å². The molecule has 0 aliphatic carbocycles. The molecule has 0 aromatic heterocycles. The van der Waals surface area contributed by atoms with Gasteiger partial charge in [0.15, 0.2) is 0 Å². The van der Waals surface area contributed by atoms with Gasteiger partial charge in [-0.3, -0.25) is 14.5 Å². The summed E-state index contributed by atoms with van der Waals surface area (Å²) < 4.78 is 39.3.